The molecule has 0 spiro atoms. The molecule has 2 N–H and O–H groups in total. The first kappa shape index (κ1) is 19.4. The third-order valence-electron chi connectivity index (χ3n) is 5.53. The van der Waals surface area contributed by atoms with Crippen LogP contribution in [0.4, 0.5) is 0 Å². The lowest BCUT2D eigenvalue weighted by atomic mass is 9.66. The van der Waals surface area contributed by atoms with Gasteiger partial charge in [0.15, 0.2) is 0 Å². The summed E-state index contributed by atoms with van der Waals surface area (Å²) in [7, 11) is 0.638. The number of fused-ring (bicyclic) bond motifs is 1. The summed E-state index contributed by atoms with van der Waals surface area (Å²) in [4.78, 5) is 26.4. The molecular weight excluding hydrogens is 349 g/mol. The Labute approximate surface area is 158 Å². The number of aromatic nitrogens is 1. The van der Waals surface area contributed by atoms with Crippen molar-refractivity contribution < 1.29 is 28.7 Å². The van der Waals surface area contributed by atoms with Gasteiger partial charge in [-0.3, -0.25) is 4.79 Å². The molecule has 1 atom stereocenters. The van der Waals surface area contributed by atoms with Crippen molar-refractivity contribution in [2.45, 2.75) is 51.1 Å². The van der Waals surface area contributed by atoms with E-state index in [0.717, 1.165) is 16.5 Å². The van der Waals surface area contributed by atoms with Crippen LogP contribution in [-0.2, 0) is 18.8 Å². The quantitative estimate of drug-likeness (QED) is 0.617. The van der Waals surface area contributed by atoms with Crippen LogP contribution in [-0.4, -0.2) is 47.5 Å². The number of nitrogens with one attached hydrogen (secondary N) is 1. The third-order valence-corrected chi connectivity index (χ3v) is 5.53. The lowest BCUT2D eigenvalue weighted by molar-refractivity contribution is -0.137. The Morgan fingerprint density at radius 3 is 2.41 bits per heavy atom. The molecule has 7 nitrogen and oxygen atoms in total. The van der Waals surface area contributed by atoms with Crippen LogP contribution in [0.3, 0.4) is 0 Å². The lowest BCUT2D eigenvalue weighted by Crippen LogP contribution is -2.41. The molecule has 144 valence electrons. The maximum Gasteiger partial charge on any atom is 0.466 e. The SMILES string of the molecule is COC(=O)c1ccc2c(C(CC(=O)O)B3OC(C)(C)C(C)(C)O3)c[nH]c2c1. The summed E-state index contributed by atoms with van der Waals surface area (Å²) in [6, 6.07) is 5.13. The molecule has 0 saturated carbocycles. The molecule has 2 aromatic rings. The molecule has 1 aromatic carbocycles. The van der Waals surface area contributed by atoms with Crippen molar-refractivity contribution in [2.75, 3.05) is 7.11 Å². The van der Waals surface area contributed by atoms with Crippen LogP contribution in [0.15, 0.2) is 24.4 Å². The van der Waals surface area contributed by atoms with Gasteiger partial charge in [0.1, 0.15) is 0 Å². The molecular formula is C19H24BNO6. The van der Waals surface area contributed by atoms with Crippen molar-refractivity contribution in [3.05, 3.63) is 35.5 Å². The van der Waals surface area contributed by atoms with Crippen LogP contribution in [0, 0.1) is 0 Å². The van der Waals surface area contributed by atoms with E-state index in [0.29, 0.717) is 5.56 Å². The van der Waals surface area contributed by atoms with Crippen LogP contribution in [0.1, 0.15) is 55.9 Å². The van der Waals surface area contributed by atoms with Gasteiger partial charge in [-0.2, -0.15) is 0 Å². The fourth-order valence-electron chi connectivity index (χ4n) is 3.29. The van der Waals surface area contributed by atoms with E-state index in [1.807, 2.05) is 27.7 Å². The summed E-state index contributed by atoms with van der Waals surface area (Å²) in [5, 5.41) is 10.3. The monoisotopic (exact) mass is 373 g/mol. The number of aromatic amines is 1. The normalized spacial score (nSPS) is 19.2. The minimum atomic E-state index is -0.935. The topological polar surface area (TPSA) is 97.9 Å². The van der Waals surface area contributed by atoms with E-state index in [1.165, 1.54) is 7.11 Å². The first-order chi connectivity index (χ1) is 12.6. The number of carbonyl (C=O) groups excluding carboxylic acids is 1. The number of carboxylic acids is 1. The van der Waals surface area contributed by atoms with Gasteiger partial charge in [0.25, 0.3) is 0 Å². The Balaban J connectivity index is 2.01. The number of carbonyl (C=O) groups is 2. The summed E-state index contributed by atoms with van der Waals surface area (Å²) < 4.78 is 17.0. The minimum Gasteiger partial charge on any atom is -0.481 e. The Hall–Kier alpha value is -2.32. The van der Waals surface area contributed by atoms with Gasteiger partial charge in [-0.25, -0.2) is 4.79 Å². The molecule has 0 aliphatic carbocycles. The number of carboxylic acid groups (broad SMARTS) is 1. The average molecular weight is 373 g/mol. The summed E-state index contributed by atoms with van der Waals surface area (Å²) in [5.74, 6) is -1.86. The number of hydrogen-bond acceptors (Lipinski definition) is 5. The minimum absolute atomic E-state index is 0.136. The highest BCUT2D eigenvalue weighted by molar-refractivity contribution is 6.48. The highest BCUT2D eigenvalue weighted by Gasteiger charge is 2.54. The molecule has 1 fully saturated rings. The van der Waals surface area contributed by atoms with Crippen molar-refractivity contribution in [1.82, 2.24) is 4.98 Å². The molecule has 1 aliphatic rings. The highest BCUT2D eigenvalue weighted by Crippen LogP contribution is 2.43. The predicted molar refractivity (Wildman–Crippen MR) is 101 cm³/mol. The maximum absolute atomic E-state index is 11.7. The second-order valence-electron chi connectivity index (χ2n) is 7.83. The lowest BCUT2D eigenvalue weighted by Gasteiger charge is -2.32. The van der Waals surface area contributed by atoms with E-state index in [-0.39, 0.29) is 6.42 Å². The summed E-state index contributed by atoms with van der Waals surface area (Å²) in [5.41, 5.74) is 0.808. The Kier molecular flexibility index (Phi) is 4.82. The standard InChI is InChI=1S/C19H24BNO6/c1-18(2)19(3,4)27-20(26-18)14(9-16(22)23)13-10-21-15-8-11(17(24)25-5)6-7-12(13)15/h6-8,10,14,21H,9H2,1-5H3,(H,22,23). The highest BCUT2D eigenvalue weighted by atomic mass is 16.7. The first-order valence-electron chi connectivity index (χ1n) is 8.82. The zero-order chi connectivity index (χ0) is 20.0. The van der Waals surface area contributed by atoms with Crippen LogP contribution < -0.4 is 0 Å². The van der Waals surface area contributed by atoms with Gasteiger partial charge in [0.2, 0.25) is 0 Å². The number of esters is 1. The smallest absolute Gasteiger partial charge is 0.466 e. The van der Waals surface area contributed by atoms with E-state index in [1.54, 1.807) is 24.4 Å². The van der Waals surface area contributed by atoms with Crippen molar-refractivity contribution in [1.29, 1.82) is 0 Å². The van der Waals surface area contributed by atoms with Crippen molar-refractivity contribution in [3.63, 3.8) is 0 Å². The molecule has 3 rings (SSSR count). The van der Waals surface area contributed by atoms with Gasteiger partial charge in [-0.05, 0) is 45.4 Å². The Morgan fingerprint density at radius 2 is 1.85 bits per heavy atom. The fraction of sp³-hybridized carbons (Fsp3) is 0.474. The predicted octanol–water partition coefficient (Wildman–Crippen LogP) is 3.14. The molecule has 1 aliphatic heterocycles. The van der Waals surface area contributed by atoms with Crippen LogP contribution >= 0.6 is 0 Å². The number of methoxy groups -OCH3 is 1. The maximum atomic E-state index is 11.7. The van der Waals surface area contributed by atoms with E-state index in [2.05, 4.69) is 4.98 Å². The average Bonchev–Trinajstić information content (AvgIpc) is 3.09. The Morgan fingerprint density at radius 1 is 1.22 bits per heavy atom. The second-order valence-corrected chi connectivity index (χ2v) is 7.83. The van der Waals surface area contributed by atoms with Gasteiger partial charge in [0.05, 0.1) is 30.3 Å². The van der Waals surface area contributed by atoms with E-state index < -0.39 is 36.1 Å². The molecule has 0 bridgehead atoms. The van der Waals surface area contributed by atoms with Gasteiger partial charge < -0.3 is 24.1 Å². The molecule has 2 heterocycles. The van der Waals surface area contributed by atoms with Crippen molar-refractivity contribution in [3.8, 4) is 0 Å². The summed E-state index contributed by atoms with van der Waals surface area (Å²) in [6.45, 7) is 7.73. The number of rotatable bonds is 5. The summed E-state index contributed by atoms with van der Waals surface area (Å²) in [6.07, 6.45) is 1.62. The van der Waals surface area contributed by atoms with Gasteiger partial charge in [-0.15, -0.1) is 0 Å². The molecule has 1 saturated heterocycles. The zero-order valence-corrected chi connectivity index (χ0v) is 16.2. The van der Waals surface area contributed by atoms with E-state index in [9.17, 15) is 14.7 Å². The number of hydrogen-bond donors (Lipinski definition) is 2. The zero-order valence-electron chi connectivity index (χ0n) is 16.2. The fourth-order valence-corrected chi connectivity index (χ4v) is 3.29. The van der Waals surface area contributed by atoms with Crippen LogP contribution in [0.25, 0.3) is 10.9 Å². The van der Waals surface area contributed by atoms with Crippen LogP contribution in [0.5, 0.6) is 0 Å². The summed E-state index contributed by atoms with van der Waals surface area (Å²) >= 11 is 0. The molecule has 0 radical (unpaired) electrons. The Bertz CT molecular complexity index is 871. The van der Waals surface area contributed by atoms with E-state index >= 15 is 0 Å². The van der Waals surface area contributed by atoms with Gasteiger partial charge in [-0.1, -0.05) is 6.07 Å². The van der Waals surface area contributed by atoms with Gasteiger partial charge >= 0.3 is 19.1 Å². The second kappa shape index (κ2) is 6.69. The van der Waals surface area contributed by atoms with E-state index in [4.69, 9.17) is 14.0 Å². The molecule has 8 heteroatoms. The largest absolute Gasteiger partial charge is 0.481 e. The van der Waals surface area contributed by atoms with Gasteiger partial charge in [0, 0.05) is 22.9 Å². The number of benzene rings is 1. The number of H-pyrrole nitrogens is 1. The van der Waals surface area contributed by atoms with Crippen molar-refractivity contribution >= 4 is 30.0 Å². The number of aliphatic carboxylic acids is 1. The van der Waals surface area contributed by atoms with Crippen LogP contribution in [0.2, 0.25) is 0 Å². The molecule has 1 unspecified atom stereocenters. The molecule has 0 amide bonds. The molecule has 1 aromatic heterocycles. The molecule has 27 heavy (non-hydrogen) atoms. The number of ether oxygens (including phenoxy) is 1. The van der Waals surface area contributed by atoms with Crippen molar-refractivity contribution in [2.24, 2.45) is 0 Å². The first-order valence-corrected chi connectivity index (χ1v) is 8.82. The third kappa shape index (κ3) is 3.47.